The quantitative estimate of drug-likeness (QED) is 0.813. The standard InChI is InChI=1S/C13H17NO2.ClH/c15-12-7-3-4-10(8-12)13(16)9-14-11-5-1-2-6-11;/h3-4,7-8,11,14-15H,1-2,5-6,9H2;1H. The largest absolute Gasteiger partial charge is 0.508 e. The number of benzene rings is 1. The van der Waals surface area contributed by atoms with Gasteiger partial charge in [-0.1, -0.05) is 25.0 Å². The van der Waals surface area contributed by atoms with E-state index in [4.69, 9.17) is 0 Å². The number of carbonyl (C=O) groups excluding carboxylic acids is 1. The maximum atomic E-state index is 11.8. The summed E-state index contributed by atoms with van der Waals surface area (Å²) in [5.41, 5.74) is 0.575. The van der Waals surface area contributed by atoms with E-state index < -0.39 is 0 Å². The molecule has 2 N–H and O–H groups in total. The van der Waals surface area contributed by atoms with Gasteiger partial charge in [-0.15, -0.1) is 12.4 Å². The summed E-state index contributed by atoms with van der Waals surface area (Å²) in [5.74, 6) is 0.189. The van der Waals surface area contributed by atoms with Gasteiger partial charge >= 0.3 is 0 Å². The van der Waals surface area contributed by atoms with Crippen molar-refractivity contribution in [3.8, 4) is 5.75 Å². The molecule has 2 rings (SSSR count). The highest BCUT2D eigenvalue weighted by Crippen LogP contribution is 2.17. The Hall–Kier alpha value is -1.06. The number of hydrogen-bond acceptors (Lipinski definition) is 3. The van der Waals surface area contributed by atoms with Crippen LogP contribution in [-0.4, -0.2) is 23.5 Å². The minimum absolute atomic E-state index is 0. The van der Waals surface area contributed by atoms with Crippen LogP contribution in [0.1, 0.15) is 36.0 Å². The van der Waals surface area contributed by atoms with Crippen molar-refractivity contribution >= 4 is 18.2 Å². The van der Waals surface area contributed by atoms with Crippen molar-refractivity contribution in [1.29, 1.82) is 0 Å². The molecule has 1 aromatic carbocycles. The van der Waals surface area contributed by atoms with Crippen molar-refractivity contribution < 1.29 is 9.90 Å². The maximum Gasteiger partial charge on any atom is 0.176 e. The first-order valence-electron chi connectivity index (χ1n) is 5.81. The summed E-state index contributed by atoms with van der Waals surface area (Å²) in [6.07, 6.45) is 4.87. The number of phenols is 1. The molecule has 1 aromatic rings. The van der Waals surface area contributed by atoms with Crippen molar-refractivity contribution in [2.45, 2.75) is 31.7 Å². The van der Waals surface area contributed by atoms with E-state index in [9.17, 15) is 9.90 Å². The molecule has 17 heavy (non-hydrogen) atoms. The zero-order chi connectivity index (χ0) is 11.4. The minimum atomic E-state index is 0. The van der Waals surface area contributed by atoms with Crippen LogP contribution in [-0.2, 0) is 0 Å². The first-order chi connectivity index (χ1) is 7.75. The normalized spacial score (nSPS) is 15.5. The van der Waals surface area contributed by atoms with Crippen LogP contribution in [0.5, 0.6) is 5.75 Å². The van der Waals surface area contributed by atoms with Gasteiger partial charge in [0, 0.05) is 11.6 Å². The van der Waals surface area contributed by atoms with Crippen LogP contribution in [0.2, 0.25) is 0 Å². The van der Waals surface area contributed by atoms with Crippen LogP contribution in [0.4, 0.5) is 0 Å². The van der Waals surface area contributed by atoms with Gasteiger partial charge in [-0.3, -0.25) is 4.79 Å². The highest BCUT2D eigenvalue weighted by atomic mass is 35.5. The number of hydrogen-bond donors (Lipinski definition) is 2. The molecule has 3 nitrogen and oxygen atoms in total. The Balaban J connectivity index is 0.00000144. The van der Waals surface area contributed by atoms with Crippen LogP contribution in [0.25, 0.3) is 0 Å². The van der Waals surface area contributed by atoms with Crippen molar-refractivity contribution in [3.05, 3.63) is 29.8 Å². The van der Waals surface area contributed by atoms with E-state index in [1.807, 2.05) is 0 Å². The number of halogens is 1. The van der Waals surface area contributed by atoms with Crippen LogP contribution in [0.3, 0.4) is 0 Å². The third kappa shape index (κ3) is 4.02. The lowest BCUT2D eigenvalue weighted by molar-refractivity contribution is 0.0987. The van der Waals surface area contributed by atoms with Crippen molar-refractivity contribution in [3.63, 3.8) is 0 Å². The smallest absolute Gasteiger partial charge is 0.176 e. The summed E-state index contributed by atoms with van der Waals surface area (Å²) in [6, 6.07) is 7.01. The number of ketones is 1. The minimum Gasteiger partial charge on any atom is -0.508 e. The molecule has 4 heteroatoms. The average molecular weight is 256 g/mol. The maximum absolute atomic E-state index is 11.8. The molecule has 0 aromatic heterocycles. The molecule has 0 saturated heterocycles. The highest BCUT2D eigenvalue weighted by Gasteiger charge is 2.15. The topological polar surface area (TPSA) is 49.3 Å². The van der Waals surface area contributed by atoms with Gasteiger partial charge in [0.1, 0.15) is 5.75 Å². The second-order valence-electron chi connectivity index (χ2n) is 4.34. The molecular weight excluding hydrogens is 238 g/mol. The lowest BCUT2D eigenvalue weighted by Crippen LogP contribution is -2.31. The van der Waals surface area contributed by atoms with Crippen molar-refractivity contribution in [2.24, 2.45) is 0 Å². The van der Waals surface area contributed by atoms with Crippen LogP contribution < -0.4 is 5.32 Å². The SMILES string of the molecule is Cl.O=C(CNC1CCCC1)c1cccc(O)c1. The molecule has 1 fully saturated rings. The van der Waals surface area contributed by atoms with E-state index >= 15 is 0 Å². The molecule has 0 atom stereocenters. The predicted molar refractivity (Wildman–Crippen MR) is 69.9 cm³/mol. The van der Waals surface area contributed by atoms with Gasteiger partial charge in [-0.25, -0.2) is 0 Å². The van der Waals surface area contributed by atoms with Crippen molar-refractivity contribution in [1.82, 2.24) is 5.32 Å². The van der Waals surface area contributed by atoms with Gasteiger partial charge in [0.25, 0.3) is 0 Å². The molecule has 0 unspecified atom stereocenters. The Labute approximate surface area is 108 Å². The first-order valence-corrected chi connectivity index (χ1v) is 5.81. The molecule has 0 amide bonds. The summed E-state index contributed by atoms with van der Waals surface area (Å²) in [4.78, 5) is 11.8. The lowest BCUT2D eigenvalue weighted by Gasteiger charge is -2.10. The van der Waals surface area contributed by atoms with E-state index in [1.165, 1.54) is 31.7 Å². The zero-order valence-corrected chi connectivity index (χ0v) is 10.5. The summed E-state index contributed by atoms with van der Waals surface area (Å²) in [7, 11) is 0. The fourth-order valence-corrected chi connectivity index (χ4v) is 2.15. The molecule has 0 aliphatic heterocycles. The van der Waals surface area contributed by atoms with Gasteiger partial charge in [-0.05, 0) is 25.0 Å². The Morgan fingerprint density at radius 2 is 2.06 bits per heavy atom. The summed E-state index contributed by atoms with van der Waals surface area (Å²) >= 11 is 0. The van der Waals surface area contributed by atoms with E-state index in [0.717, 1.165) is 0 Å². The van der Waals surface area contributed by atoms with E-state index in [-0.39, 0.29) is 23.9 Å². The Morgan fingerprint density at radius 1 is 1.35 bits per heavy atom. The molecule has 0 heterocycles. The Kier molecular flexibility index (Phi) is 5.45. The predicted octanol–water partition coefficient (Wildman–Crippen LogP) is 2.53. The van der Waals surface area contributed by atoms with Gasteiger partial charge < -0.3 is 10.4 Å². The van der Waals surface area contributed by atoms with Gasteiger partial charge in [0.2, 0.25) is 0 Å². The Morgan fingerprint density at radius 3 is 2.71 bits per heavy atom. The number of nitrogens with one attached hydrogen (secondary N) is 1. The molecule has 94 valence electrons. The summed E-state index contributed by atoms with van der Waals surface area (Å²) in [6.45, 7) is 0.369. The first kappa shape index (κ1) is 14.0. The third-order valence-corrected chi connectivity index (χ3v) is 3.07. The van der Waals surface area contributed by atoms with Crippen LogP contribution >= 0.6 is 12.4 Å². The lowest BCUT2D eigenvalue weighted by atomic mass is 10.1. The second-order valence-corrected chi connectivity index (χ2v) is 4.34. The summed E-state index contributed by atoms with van der Waals surface area (Å²) in [5, 5.41) is 12.5. The fraction of sp³-hybridized carbons (Fsp3) is 0.462. The Bertz CT molecular complexity index is 375. The van der Waals surface area contributed by atoms with E-state index in [2.05, 4.69) is 5.32 Å². The molecule has 0 radical (unpaired) electrons. The van der Waals surface area contributed by atoms with Gasteiger partial charge in [0.05, 0.1) is 6.54 Å². The van der Waals surface area contributed by atoms with E-state index in [1.54, 1.807) is 18.2 Å². The second kappa shape index (κ2) is 6.62. The molecule has 0 bridgehead atoms. The number of rotatable bonds is 4. The summed E-state index contributed by atoms with van der Waals surface area (Å²) < 4.78 is 0. The van der Waals surface area contributed by atoms with Gasteiger partial charge in [0.15, 0.2) is 5.78 Å². The number of aromatic hydroxyl groups is 1. The monoisotopic (exact) mass is 255 g/mol. The zero-order valence-electron chi connectivity index (χ0n) is 9.69. The fourth-order valence-electron chi connectivity index (χ4n) is 2.15. The van der Waals surface area contributed by atoms with E-state index in [0.29, 0.717) is 18.2 Å². The third-order valence-electron chi connectivity index (χ3n) is 3.07. The molecule has 1 aliphatic carbocycles. The molecule has 1 aliphatic rings. The molecule has 1 saturated carbocycles. The molecular formula is C13H18ClNO2. The average Bonchev–Trinajstić information content (AvgIpc) is 2.78. The number of Topliss-reactive ketones (excluding diaryl/α,β-unsaturated/α-hetero) is 1. The number of carbonyl (C=O) groups is 1. The molecule has 0 spiro atoms. The van der Waals surface area contributed by atoms with Crippen LogP contribution in [0, 0.1) is 0 Å². The van der Waals surface area contributed by atoms with Crippen molar-refractivity contribution in [2.75, 3.05) is 6.54 Å². The van der Waals surface area contributed by atoms with Gasteiger partial charge in [-0.2, -0.15) is 0 Å². The number of phenolic OH excluding ortho intramolecular Hbond substituents is 1. The highest BCUT2D eigenvalue weighted by molar-refractivity contribution is 5.97. The van der Waals surface area contributed by atoms with Crippen LogP contribution in [0.15, 0.2) is 24.3 Å².